The van der Waals surface area contributed by atoms with Crippen LogP contribution in [0.2, 0.25) is 4.34 Å². The van der Waals surface area contributed by atoms with Gasteiger partial charge in [0.05, 0.1) is 16.0 Å². The number of para-hydroxylation sites is 1. The van der Waals surface area contributed by atoms with E-state index in [0.717, 1.165) is 4.88 Å². The van der Waals surface area contributed by atoms with E-state index in [1.807, 2.05) is 12.1 Å². The molecule has 3 rings (SSSR count). The first kappa shape index (κ1) is 13.9. The molecule has 106 valence electrons. The topological polar surface area (TPSA) is 59.4 Å². The highest BCUT2D eigenvalue weighted by Crippen LogP contribution is 2.28. The summed E-state index contributed by atoms with van der Waals surface area (Å²) in [4.78, 5) is 16.7. The maximum Gasteiger partial charge on any atom is 0.340 e. The maximum atomic E-state index is 11.5. The van der Waals surface area contributed by atoms with Crippen LogP contribution in [0.5, 0.6) is 5.75 Å². The molecule has 2 heterocycles. The fourth-order valence-electron chi connectivity index (χ4n) is 2.03. The normalized spacial score (nSPS) is 10.7. The number of rotatable bonds is 4. The smallest absolute Gasteiger partial charge is 0.340 e. The first-order valence-corrected chi connectivity index (χ1v) is 7.32. The van der Waals surface area contributed by atoms with Gasteiger partial charge >= 0.3 is 5.97 Å². The van der Waals surface area contributed by atoms with Crippen molar-refractivity contribution in [1.82, 2.24) is 4.98 Å². The molecular weight excluding hydrogens is 310 g/mol. The molecule has 0 radical (unpaired) electrons. The van der Waals surface area contributed by atoms with Gasteiger partial charge in [0.25, 0.3) is 0 Å². The zero-order chi connectivity index (χ0) is 14.8. The average molecular weight is 320 g/mol. The first-order chi connectivity index (χ1) is 10.1. The lowest BCUT2D eigenvalue weighted by atomic mass is 10.1. The maximum absolute atomic E-state index is 11.5. The molecule has 3 aromatic rings. The minimum absolute atomic E-state index is 0.128. The molecule has 4 nitrogen and oxygen atoms in total. The van der Waals surface area contributed by atoms with Crippen LogP contribution in [0.1, 0.15) is 15.2 Å². The SMILES string of the molecule is O=C(O)c1c(OCc2ccc(Cl)s2)cnc2ccccc12. The van der Waals surface area contributed by atoms with Crippen LogP contribution in [0, 0.1) is 0 Å². The highest BCUT2D eigenvalue weighted by atomic mass is 35.5. The van der Waals surface area contributed by atoms with Crippen molar-refractivity contribution in [3.8, 4) is 5.75 Å². The second kappa shape index (κ2) is 5.71. The van der Waals surface area contributed by atoms with Gasteiger partial charge in [-0.2, -0.15) is 0 Å². The fourth-order valence-corrected chi connectivity index (χ4v) is 3.03. The molecule has 0 saturated heterocycles. The van der Waals surface area contributed by atoms with Crippen molar-refractivity contribution in [2.45, 2.75) is 6.61 Å². The van der Waals surface area contributed by atoms with Gasteiger partial charge in [-0.25, -0.2) is 4.79 Å². The van der Waals surface area contributed by atoms with Crippen LogP contribution in [0.15, 0.2) is 42.6 Å². The van der Waals surface area contributed by atoms with Gasteiger partial charge in [0.1, 0.15) is 12.2 Å². The lowest BCUT2D eigenvalue weighted by molar-refractivity contribution is 0.0694. The largest absolute Gasteiger partial charge is 0.486 e. The van der Waals surface area contributed by atoms with Crippen LogP contribution in [-0.2, 0) is 6.61 Å². The number of fused-ring (bicyclic) bond motifs is 1. The van der Waals surface area contributed by atoms with Crippen LogP contribution < -0.4 is 4.74 Å². The number of pyridine rings is 1. The lowest BCUT2D eigenvalue weighted by Crippen LogP contribution is -2.04. The number of aromatic carboxylic acids is 1. The van der Waals surface area contributed by atoms with E-state index in [1.165, 1.54) is 17.5 Å². The molecule has 0 fully saturated rings. The number of carbonyl (C=O) groups is 1. The van der Waals surface area contributed by atoms with E-state index in [2.05, 4.69) is 4.98 Å². The quantitative estimate of drug-likeness (QED) is 0.782. The van der Waals surface area contributed by atoms with Gasteiger partial charge in [0.15, 0.2) is 5.75 Å². The first-order valence-electron chi connectivity index (χ1n) is 6.13. The Morgan fingerprint density at radius 1 is 1.29 bits per heavy atom. The third-order valence-corrected chi connectivity index (χ3v) is 4.16. The van der Waals surface area contributed by atoms with Crippen molar-refractivity contribution in [3.63, 3.8) is 0 Å². The number of ether oxygens (including phenoxy) is 1. The summed E-state index contributed by atoms with van der Waals surface area (Å²) in [7, 11) is 0. The number of thiophene rings is 1. The van der Waals surface area contributed by atoms with Crippen molar-refractivity contribution < 1.29 is 14.6 Å². The van der Waals surface area contributed by atoms with Crippen molar-refractivity contribution in [2.75, 3.05) is 0 Å². The highest BCUT2D eigenvalue weighted by molar-refractivity contribution is 7.16. The summed E-state index contributed by atoms with van der Waals surface area (Å²) in [6.07, 6.45) is 1.45. The van der Waals surface area contributed by atoms with Gasteiger partial charge in [-0.15, -0.1) is 11.3 Å². The van der Waals surface area contributed by atoms with E-state index < -0.39 is 5.97 Å². The Balaban J connectivity index is 1.97. The van der Waals surface area contributed by atoms with Gasteiger partial charge in [0, 0.05) is 10.3 Å². The van der Waals surface area contributed by atoms with Crippen LogP contribution in [0.25, 0.3) is 10.9 Å². The number of benzene rings is 1. The standard InChI is InChI=1S/C15H10ClNO3S/c16-13-6-5-9(21-13)8-20-12-7-17-11-4-2-1-3-10(11)14(12)15(18)19/h1-7H,8H2,(H,18,19). The number of hydrogen-bond donors (Lipinski definition) is 1. The monoisotopic (exact) mass is 319 g/mol. The highest BCUT2D eigenvalue weighted by Gasteiger charge is 2.16. The summed E-state index contributed by atoms with van der Waals surface area (Å²) in [5.41, 5.74) is 0.754. The van der Waals surface area contributed by atoms with Crippen molar-refractivity contribution in [3.05, 3.63) is 57.4 Å². The van der Waals surface area contributed by atoms with Crippen molar-refractivity contribution >= 4 is 39.8 Å². The van der Waals surface area contributed by atoms with E-state index in [4.69, 9.17) is 16.3 Å². The van der Waals surface area contributed by atoms with E-state index >= 15 is 0 Å². The second-order valence-electron chi connectivity index (χ2n) is 4.31. The van der Waals surface area contributed by atoms with E-state index in [1.54, 1.807) is 24.3 Å². The van der Waals surface area contributed by atoms with Crippen molar-refractivity contribution in [1.29, 1.82) is 0 Å². The zero-order valence-electron chi connectivity index (χ0n) is 10.7. The van der Waals surface area contributed by atoms with Crippen LogP contribution >= 0.6 is 22.9 Å². The Morgan fingerprint density at radius 3 is 2.81 bits per heavy atom. The molecule has 21 heavy (non-hydrogen) atoms. The number of carboxylic acids is 1. The third-order valence-electron chi connectivity index (χ3n) is 2.95. The molecule has 2 aromatic heterocycles. The summed E-state index contributed by atoms with van der Waals surface area (Å²) in [6.45, 7) is 0.262. The van der Waals surface area contributed by atoms with Gasteiger partial charge < -0.3 is 9.84 Å². The molecule has 6 heteroatoms. The Labute approximate surface area is 129 Å². The zero-order valence-corrected chi connectivity index (χ0v) is 12.3. The molecule has 0 saturated carbocycles. The summed E-state index contributed by atoms with van der Waals surface area (Å²) >= 11 is 7.26. The number of halogens is 1. The molecule has 0 aliphatic heterocycles. The second-order valence-corrected chi connectivity index (χ2v) is 6.11. The molecule has 1 N–H and O–H groups in total. The predicted molar refractivity (Wildman–Crippen MR) is 82.4 cm³/mol. The van der Waals surface area contributed by atoms with Crippen LogP contribution in [-0.4, -0.2) is 16.1 Å². The van der Waals surface area contributed by atoms with Crippen LogP contribution in [0.3, 0.4) is 0 Å². The summed E-state index contributed by atoms with van der Waals surface area (Å²) in [5.74, 6) is -0.779. The summed E-state index contributed by atoms with van der Waals surface area (Å²) in [6, 6.07) is 10.7. The summed E-state index contributed by atoms with van der Waals surface area (Å²) < 4.78 is 6.28. The molecular formula is C15H10ClNO3S. The Morgan fingerprint density at radius 2 is 2.10 bits per heavy atom. The molecule has 0 aliphatic carbocycles. The molecule has 1 aromatic carbocycles. The fraction of sp³-hybridized carbons (Fsp3) is 0.0667. The average Bonchev–Trinajstić information content (AvgIpc) is 2.89. The molecule has 0 atom stereocenters. The molecule has 0 aliphatic rings. The Bertz CT molecular complexity index is 816. The van der Waals surface area contributed by atoms with Gasteiger partial charge in [-0.1, -0.05) is 29.8 Å². The molecule has 0 amide bonds. The minimum Gasteiger partial charge on any atom is -0.486 e. The van der Waals surface area contributed by atoms with Crippen molar-refractivity contribution in [2.24, 2.45) is 0 Å². The molecule has 0 spiro atoms. The van der Waals surface area contributed by atoms with Gasteiger partial charge in [0.2, 0.25) is 0 Å². The van der Waals surface area contributed by atoms with E-state index in [-0.39, 0.29) is 17.9 Å². The Kier molecular flexibility index (Phi) is 3.77. The number of carboxylic acid groups (broad SMARTS) is 1. The van der Waals surface area contributed by atoms with Crippen LogP contribution in [0.4, 0.5) is 0 Å². The van der Waals surface area contributed by atoms with Gasteiger partial charge in [-0.05, 0) is 18.2 Å². The van der Waals surface area contributed by atoms with E-state index in [9.17, 15) is 9.90 Å². The predicted octanol–water partition coefficient (Wildman–Crippen LogP) is 4.23. The number of hydrogen-bond acceptors (Lipinski definition) is 4. The lowest BCUT2D eigenvalue weighted by Gasteiger charge is -2.10. The Hall–Kier alpha value is -2.11. The van der Waals surface area contributed by atoms with E-state index in [0.29, 0.717) is 15.2 Å². The number of aromatic nitrogens is 1. The third kappa shape index (κ3) is 2.84. The summed E-state index contributed by atoms with van der Waals surface area (Å²) in [5, 5.41) is 10.0. The molecule has 0 bridgehead atoms. The number of nitrogens with zero attached hydrogens (tertiary/aromatic N) is 1. The minimum atomic E-state index is -1.03. The molecule has 0 unspecified atom stereocenters. The van der Waals surface area contributed by atoms with Gasteiger partial charge in [-0.3, -0.25) is 4.98 Å².